The van der Waals surface area contributed by atoms with Crippen LogP contribution in [0.4, 0.5) is 24.5 Å². The Balaban J connectivity index is 1.20. The van der Waals surface area contributed by atoms with Gasteiger partial charge in [0.2, 0.25) is 5.91 Å². The topological polar surface area (TPSA) is 55.9 Å². The van der Waals surface area contributed by atoms with E-state index < -0.39 is 22.5 Å². The predicted molar refractivity (Wildman–Crippen MR) is 142 cm³/mol. The van der Waals surface area contributed by atoms with Gasteiger partial charge >= 0.3 is 6.18 Å². The standard InChI is InChI=1S/C26H32ClF3N4O2S/c1-37(36)24-7-4-21(18-23(24)26(28,29)30)31-20-8-12-34(13-9-20)25(35)10-11-32-14-16-33(17-15-32)22-5-2-19(27)3-6-22/h2-7,18,20,31H,8-17H2,1H3. The molecular weight excluding hydrogens is 525 g/mol. The third-order valence-corrected chi connectivity index (χ3v) is 8.25. The van der Waals surface area contributed by atoms with Crippen molar-refractivity contribution in [1.82, 2.24) is 9.80 Å². The molecule has 4 rings (SSSR count). The zero-order chi connectivity index (χ0) is 26.6. The molecule has 2 aliphatic rings. The van der Waals surface area contributed by atoms with E-state index in [1.54, 1.807) is 0 Å². The van der Waals surface area contributed by atoms with E-state index in [-0.39, 0.29) is 16.8 Å². The molecule has 37 heavy (non-hydrogen) atoms. The fraction of sp³-hybridized carbons (Fsp3) is 0.500. The molecule has 1 N–H and O–H groups in total. The van der Waals surface area contributed by atoms with Gasteiger partial charge in [-0.05, 0) is 55.3 Å². The quantitative estimate of drug-likeness (QED) is 0.535. The van der Waals surface area contributed by atoms with Gasteiger partial charge in [-0.1, -0.05) is 11.6 Å². The van der Waals surface area contributed by atoms with Crippen molar-refractivity contribution < 1.29 is 22.2 Å². The number of amides is 1. The van der Waals surface area contributed by atoms with Crippen molar-refractivity contribution in [2.24, 2.45) is 0 Å². The second-order valence-corrected chi connectivity index (χ2v) is 11.3. The molecule has 0 spiro atoms. The number of rotatable bonds is 7. The van der Waals surface area contributed by atoms with Gasteiger partial charge in [-0.15, -0.1) is 0 Å². The number of anilines is 2. The molecule has 2 aromatic carbocycles. The van der Waals surface area contributed by atoms with Crippen LogP contribution in [0.2, 0.25) is 5.02 Å². The Kier molecular flexibility index (Phi) is 9.03. The van der Waals surface area contributed by atoms with Crippen LogP contribution in [0.15, 0.2) is 47.4 Å². The van der Waals surface area contributed by atoms with Crippen molar-refractivity contribution in [3.05, 3.63) is 53.1 Å². The number of carbonyl (C=O) groups is 1. The van der Waals surface area contributed by atoms with Crippen molar-refractivity contribution in [2.75, 3.05) is 62.3 Å². The maximum atomic E-state index is 13.4. The first-order chi connectivity index (χ1) is 17.6. The normalized spacial score (nSPS) is 18.6. The number of hydrogen-bond acceptors (Lipinski definition) is 5. The summed E-state index contributed by atoms with van der Waals surface area (Å²) in [7, 11) is -1.73. The Labute approximate surface area is 223 Å². The summed E-state index contributed by atoms with van der Waals surface area (Å²) in [5.41, 5.74) is 0.631. The van der Waals surface area contributed by atoms with E-state index >= 15 is 0 Å². The van der Waals surface area contributed by atoms with Gasteiger partial charge in [0.05, 0.1) is 21.3 Å². The fourth-order valence-corrected chi connectivity index (χ4v) is 5.76. The number of hydrogen-bond donors (Lipinski definition) is 1. The molecule has 2 aromatic rings. The number of benzene rings is 2. The smallest absolute Gasteiger partial charge is 0.382 e. The molecule has 2 heterocycles. The predicted octanol–water partition coefficient (Wildman–Crippen LogP) is 4.71. The average Bonchev–Trinajstić information content (AvgIpc) is 2.88. The number of halogens is 4. The highest BCUT2D eigenvalue weighted by atomic mass is 35.5. The lowest BCUT2D eigenvalue weighted by atomic mass is 10.0. The number of nitrogens with zero attached hydrogens (tertiary/aromatic N) is 3. The van der Waals surface area contributed by atoms with Gasteiger partial charge < -0.3 is 15.1 Å². The van der Waals surface area contributed by atoms with E-state index in [2.05, 4.69) is 15.1 Å². The average molecular weight is 557 g/mol. The van der Waals surface area contributed by atoms with E-state index in [0.29, 0.717) is 38.0 Å². The van der Waals surface area contributed by atoms with Crippen molar-refractivity contribution in [2.45, 2.75) is 36.4 Å². The van der Waals surface area contributed by atoms with Crippen molar-refractivity contribution >= 4 is 39.7 Å². The third-order valence-electron chi connectivity index (χ3n) is 7.02. The Bertz CT molecular complexity index is 1100. The van der Waals surface area contributed by atoms with E-state index in [1.807, 2.05) is 29.2 Å². The van der Waals surface area contributed by atoms with E-state index in [1.165, 1.54) is 18.4 Å². The molecule has 2 aliphatic heterocycles. The summed E-state index contributed by atoms with van der Waals surface area (Å²) in [6, 6.07) is 11.7. The highest BCUT2D eigenvalue weighted by Crippen LogP contribution is 2.35. The molecule has 11 heteroatoms. The van der Waals surface area contributed by atoms with Crippen molar-refractivity contribution in [1.29, 1.82) is 0 Å². The van der Waals surface area contributed by atoms with E-state index in [0.717, 1.165) is 49.5 Å². The van der Waals surface area contributed by atoms with Crippen LogP contribution < -0.4 is 10.2 Å². The fourth-order valence-electron chi connectivity index (χ4n) is 4.89. The molecule has 0 aromatic heterocycles. The number of alkyl halides is 3. The highest BCUT2D eigenvalue weighted by Gasteiger charge is 2.35. The van der Waals surface area contributed by atoms with Crippen LogP contribution in [0.25, 0.3) is 0 Å². The van der Waals surface area contributed by atoms with Gasteiger partial charge in [-0.3, -0.25) is 13.9 Å². The molecule has 0 aliphatic carbocycles. The van der Waals surface area contributed by atoms with Crippen LogP contribution in [0.3, 0.4) is 0 Å². The minimum absolute atomic E-state index is 0.0240. The number of nitrogens with one attached hydrogen (secondary N) is 1. The number of piperidine rings is 1. The van der Waals surface area contributed by atoms with E-state index in [4.69, 9.17) is 11.6 Å². The van der Waals surface area contributed by atoms with Crippen LogP contribution in [-0.4, -0.2) is 78.0 Å². The Hall–Kier alpha value is -2.30. The molecule has 1 unspecified atom stereocenters. The maximum Gasteiger partial charge on any atom is 0.417 e. The zero-order valence-electron chi connectivity index (χ0n) is 20.8. The second-order valence-electron chi connectivity index (χ2n) is 9.52. The van der Waals surface area contributed by atoms with Crippen LogP contribution in [0, 0.1) is 0 Å². The number of carbonyl (C=O) groups excluding carboxylic acids is 1. The number of likely N-dealkylation sites (tertiary alicyclic amines) is 1. The van der Waals surface area contributed by atoms with Gasteiger partial charge in [0.15, 0.2) is 0 Å². The van der Waals surface area contributed by atoms with Crippen LogP contribution in [-0.2, 0) is 21.8 Å². The molecule has 0 radical (unpaired) electrons. The van der Waals surface area contributed by atoms with Crippen molar-refractivity contribution in [3.8, 4) is 0 Å². The van der Waals surface area contributed by atoms with Gasteiger partial charge in [-0.2, -0.15) is 13.2 Å². The molecule has 1 amide bonds. The Morgan fingerprint density at radius 3 is 2.27 bits per heavy atom. The Morgan fingerprint density at radius 1 is 1.03 bits per heavy atom. The molecule has 2 saturated heterocycles. The van der Waals surface area contributed by atoms with Crippen LogP contribution >= 0.6 is 11.6 Å². The molecule has 2 fully saturated rings. The third kappa shape index (κ3) is 7.39. The van der Waals surface area contributed by atoms with Crippen molar-refractivity contribution in [3.63, 3.8) is 0 Å². The van der Waals surface area contributed by atoms with Gasteiger partial charge in [0.25, 0.3) is 0 Å². The summed E-state index contributed by atoms with van der Waals surface area (Å²) in [6.45, 7) is 5.46. The summed E-state index contributed by atoms with van der Waals surface area (Å²) in [5, 5.41) is 3.89. The summed E-state index contributed by atoms with van der Waals surface area (Å²) < 4.78 is 51.9. The molecule has 202 valence electrons. The first-order valence-corrected chi connectivity index (χ1v) is 14.4. The number of piperazine rings is 1. The molecule has 0 bridgehead atoms. The molecule has 0 saturated carbocycles. The maximum absolute atomic E-state index is 13.4. The van der Waals surface area contributed by atoms with Crippen LogP contribution in [0.5, 0.6) is 0 Å². The summed E-state index contributed by atoms with van der Waals surface area (Å²) in [5.74, 6) is 0.118. The van der Waals surface area contributed by atoms with Gasteiger partial charge in [0, 0.05) is 80.9 Å². The van der Waals surface area contributed by atoms with Crippen LogP contribution in [0.1, 0.15) is 24.8 Å². The minimum atomic E-state index is -4.57. The first kappa shape index (κ1) is 27.7. The second kappa shape index (κ2) is 12.0. The first-order valence-electron chi connectivity index (χ1n) is 12.4. The lowest BCUT2D eigenvalue weighted by Crippen LogP contribution is -2.48. The SMILES string of the molecule is CS(=O)c1ccc(NC2CCN(C(=O)CCN3CCN(c4ccc(Cl)cc4)CC3)CC2)cc1C(F)(F)F. The Morgan fingerprint density at radius 2 is 1.68 bits per heavy atom. The molecule has 1 atom stereocenters. The molecular formula is C26H32ClF3N4O2S. The largest absolute Gasteiger partial charge is 0.417 e. The zero-order valence-corrected chi connectivity index (χ0v) is 22.3. The van der Waals surface area contributed by atoms with Gasteiger partial charge in [-0.25, -0.2) is 0 Å². The van der Waals surface area contributed by atoms with E-state index in [9.17, 15) is 22.2 Å². The highest BCUT2D eigenvalue weighted by molar-refractivity contribution is 7.84. The van der Waals surface area contributed by atoms with Gasteiger partial charge in [0.1, 0.15) is 0 Å². The monoisotopic (exact) mass is 556 g/mol. The summed E-state index contributed by atoms with van der Waals surface area (Å²) in [4.78, 5) is 19.0. The minimum Gasteiger partial charge on any atom is -0.382 e. The summed E-state index contributed by atoms with van der Waals surface area (Å²) >= 11 is 5.98. The molecule has 6 nitrogen and oxygen atoms in total. The summed E-state index contributed by atoms with van der Waals surface area (Å²) in [6.07, 6.45) is -1.55. The lowest BCUT2D eigenvalue weighted by Gasteiger charge is -2.37. The lowest BCUT2D eigenvalue weighted by molar-refractivity contribution is -0.139.